The first-order chi connectivity index (χ1) is 8.72. The van der Waals surface area contributed by atoms with Gasteiger partial charge in [0.1, 0.15) is 0 Å². The molecule has 0 fully saturated rings. The molecular weight excluding hydrogens is 316 g/mol. The molecule has 2 aromatic rings. The van der Waals surface area contributed by atoms with Gasteiger partial charge in [0.25, 0.3) is 0 Å². The molecule has 94 valence electrons. The van der Waals surface area contributed by atoms with E-state index >= 15 is 0 Å². The van der Waals surface area contributed by atoms with Crippen LogP contribution in [0.3, 0.4) is 0 Å². The monoisotopic (exact) mass is 326 g/mol. The van der Waals surface area contributed by atoms with E-state index in [9.17, 15) is 5.11 Å². The number of hydrogen-bond donors (Lipinski definition) is 1. The van der Waals surface area contributed by atoms with E-state index in [1.165, 1.54) is 0 Å². The summed E-state index contributed by atoms with van der Waals surface area (Å²) in [4.78, 5) is 1.15. The van der Waals surface area contributed by atoms with Crippen molar-refractivity contribution in [2.45, 2.75) is 12.5 Å². The van der Waals surface area contributed by atoms with Crippen molar-refractivity contribution in [3.8, 4) is 11.5 Å². The Bertz CT molecular complexity index is 567. The fraction of sp³-hybridized carbons (Fsp3) is 0.231. The molecule has 1 N–H and O–H groups in total. The zero-order valence-corrected chi connectivity index (χ0v) is 11.8. The molecule has 0 saturated heterocycles. The molecule has 0 aliphatic carbocycles. The van der Waals surface area contributed by atoms with E-state index < -0.39 is 6.10 Å². The number of benzene rings is 1. The number of fused-ring (bicyclic) bond motifs is 1. The number of aliphatic hydroxyl groups excluding tert-OH is 1. The average Bonchev–Trinajstić information content (AvgIpc) is 2.96. The van der Waals surface area contributed by atoms with Crippen LogP contribution in [0.1, 0.15) is 16.5 Å². The second-order valence-corrected chi connectivity index (χ2v) is 6.59. The van der Waals surface area contributed by atoms with Gasteiger partial charge >= 0.3 is 0 Å². The minimum atomic E-state index is -0.523. The summed E-state index contributed by atoms with van der Waals surface area (Å²) < 4.78 is 11.6. The molecule has 2 heterocycles. The van der Waals surface area contributed by atoms with E-state index in [0.717, 1.165) is 20.0 Å². The van der Waals surface area contributed by atoms with Crippen molar-refractivity contribution < 1.29 is 14.6 Å². The van der Waals surface area contributed by atoms with Gasteiger partial charge in [-0.25, -0.2) is 0 Å². The third-order valence-electron chi connectivity index (χ3n) is 2.80. The minimum Gasteiger partial charge on any atom is -0.454 e. The van der Waals surface area contributed by atoms with Gasteiger partial charge in [0.2, 0.25) is 6.79 Å². The SMILES string of the molecule is OC(Cc1ccc(Br)s1)c1ccc2c(c1)OCO2. The predicted octanol–water partition coefficient (Wildman–Crippen LogP) is 3.52. The van der Waals surface area contributed by atoms with E-state index in [-0.39, 0.29) is 6.79 Å². The molecule has 0 bridgehead atoms. The molecule has 18 heavy (non-hydrogen) atoms. The Balaban J connectivity index is 1.78. The Kier molecular flexibility index (Phi) is 3.28. The number of halogens is 1. The van der Waals surface area contributed by atoms with Gasteiger partial charge in [0, 0.05) is 11.3 Å². The zero-order chi connectivity index (χ0) is 12.5. The van der Waals surface area contributed by atoms with Crippen molar-refractivity contribution in [2.75, 3.05) is 6.79 Å². The van der Waals surface area contributed by atoms with Crippen molar-refractivity contribution in [3.63, 3.8) is 0 Å². The third kappa shape index (κ3) is 2.39. The van der Waals surface area contributed by atoms with Crippen molar-refractivity contribution in [3.05, 3.63) is 44.6 Å². The molecule has 1 aliphatic rings. The van der Waals surface area contributed by atoms with Crippen LogP contribution in [0, 0.1) is 0 Å². The van der Waals surface area contributed by atoms with Crippen LogP contribution in [0.4, 0.5) is 0 Å². The molecule has 5 heteroatoms. The first kappa shape index (κ1) is 12.0. The molecular formula is C13H11BrO3S. The first-order valence-electron chi connectivity index (χ1n) is 5.54. The van der Waals surface area contributed by atoms with Gasteiger partial charge in [-0.2, -0.15) is 0 Å². The average molecular weight is 327 g/mol. The van der Waals surface area contributed by atoms with Crippen molar-refractivity contribution in [1.82, 2.24) is 0 Å². The molecule has 1 aromatic carbocycles. The Morgan fingerprint density at radius 3 is 2.83 bits per heavy atom. The molecule has 1 aromatic heterocycles. The zero-order valence-electron chi connectivity index (χ0n) is 9.43. The minimum absolute atomic E-state index is 0.257. The molecule has 1 aliphatic heterocycles. The van der Waals surface area contributed by atoms with Crippen LogP contribution in [0.2, 0.25) is 0 Å². The van der Waals surface area contributed by atoms with Gasteiger partial charge in [-0.05, 0) is 45.8 Å². The number of aliphatic hydroxyl groups is 1. The Morgan fingerprint density at radius 2 is 2.06 bits per heavy atom. The van der Waals surface area contributed by atoms with E-state index in [0.29, 0.717) is 12.2 Å². The largest absolute Gasteiger partial charge is 0.454 e. The van der Waals surface area contributed by atoms with Gasteiger partial charge < -0.3 is 14.6 Å². The second-order valence-electron chi connectivity index (χ2n) is 4.04. The second kappa shape index (κ2) is 4.91. The molecule has 0 saturated carbocycles. The molecule has 0 radical (unpaired) electrons. The van der Waals surface area contributed by atoms with Gasteiger partial charge in [-0.3, -0.25) is 0 Å². The smallest absolute Gasteiger partial charge is 0.231 e. The van der Waals surface area contributed by atoms with Crippen LogP contribution in [0.25, 0.3) is 0 Å². The summed E-state index contributed by atoms with van der Waals surface area (Å²) in [6.07, 6.45) is 0.0840. The fourth-order valence-corrected chi connectivity index (χ4v) is 3.41. The lowest BCUT2D eigenvalue weighted by Gasteiger charge is -2.10. The van der Waals surface area contributed by atoms with E-state index in [4.69, 9.17) is 9.47 Å². The van der Waals surface area contributed by atoms with Crippen LogP contribution in [-0.4, -0.2) is 11.9 Å². The molecule has 3 nitrogen and oxygen atoms in total. The lowest BCUT2D eigenvalue weighted by Crippen LogP contribution is -2.00. The highest BCUT2D eigenvalue weighted by atomic mass is 79.9. The molecule has 1 unspecified atom stereocenters. The summed E-state index contributed by atoms with van der Waals surface area (Å²) in [7, 11) is 0. The Hall–Kier alpha value is -1.04. The van der Waals surface area contributed by atoms with Crippen LogP contribution in [0.15, 0.2) is 34.1 Å². The van der Waals surface area contributed by atoms with Crippen LogP contribution < -0.4 is 9.47 Å². The fourth-order valence-electron chi connectivity index (χ4n) is 1.89. The quantitative estimate of drug-likeness (QED) is 0.937. The summed E-state index contributed by atoms with van der Waals surface area (Å²) >= 11 is 5.06. The summed E-state index contributed by atoms with van der Waals surface area (Å²) in [5.74, 6) is 1.45. The van der Waals surface area contributed by atoms with Gasteiger partial charge in [-0.1, -0.05) is 6.07 Å². The summed E-state index contributed by atoms with van der Waals surface area (Å²) in [5, 5.41) is 10.2. The van der Waals surface area contributed by atoms with E-state index in [1.807, 2.05) is 30.3 Å². The highest BCUT2D eigenvalue weighted by Crippen LogP contribution is 2.35. The number of hydrogen-bond acceptors (Lipinski definition) is 4. The van der Waals surface area contributed by atoms with E-state index in [2.05, 4.69) is 15.9 Å². The normalized spacial score (nSPS) is 14.8. The van der Waals surface area contributed by atoms with Crippen molar-refractivity contribution in [2.24, 2.45) is 0 Å². The maximum absolute atomic E-state index is 10.2. The van der Waals surface area contributed by atoms with Crippen LogP contribution in [-0.2, 0) is 6.42 Å². The molecule has 1 atom stereocenters. The summed E-state index contributed by atoms with van der Waals surface area (Å²) in [6.45, 7) is 0.257. The van der Waals surface area contributed by atoms with Gasteiger partial charge in [-0.15, -0.1) is 11.3 Å². The standard InChI is InChI=1S/C13H11BrO3S/c14-13-4-2-9(18-13)6-10(15)8-1-3-11-12(5-8)17-7-16-11/h1-5,10,15H,6-7H2. The molecule has 0 amide bonds. The van der Waals surface area contributed by atoms with Gasteiger partial charge in [0.15, 0.2) is 11.5 Å². The number of ether oxygens (including phenoxy) is 2. The number of rotatable bonds is 3. The Morgan fingerprint density at radius 1 is 1.22 bits per heavy atom. The lowest BCUT2D eigenvalue weighted by molar-refractivity contribution is 0.171. The predicted molar refractivity (Wildman–Crippen MR) is 73.2 cm³/mol. The maximum Gasteiger partial charge on any atom is 0.231 e. The maximum atomic E-state index is 10.2. The van der Waals surface area contributed by atoms with Gasteiger partial charge in [0.05, 0.1) is 9.89 Å². The Labute approximate surface area is 117 Å². The first-order valence-corrected chi connectivity index (χ1v) is 7.15. The molecule has 3 rings (SSSR count). The number of thiophene rings is 1. The highest BCUT2D eigenvalue weighted by Gasteiger charge is 2.17. The van der Waals surface area contributed by atoms with E-state index in [1.54, 1.807) is 11.3 Å². The third-order valence-corrected chi connectivity index (χ3v) is 4.45. The highest BCUT2D eigenvalue weighted by molar-refractivity contribution is 9.11. The van der Waals surface area contributed by atoms with Crippen molar-refractivity contribution in [1.29, 1.82) is 0 Å². The van der Waals surface area contributed by atoms with Crippen LogP contribution in [0.5, 0.6) is 11.5 Å². The van der Waals surface area contributed by atoms with Crippen LogP contribution >= 0.6 is 27.3 Å². The topological polar surface area (TPSA) is 38.7 Å². The summed E-state index contributed by atoms with van der Waals surface area (Å²) in [6, 6.07) is 9.57. The molecule has 0 spiro atoms. The van der Waals surface area contributed by atoms with Crippen molar-refractivity contribution >= 4 is 27.3 Å². The summed E-state index contributed by atoms with van der Waals surface area (Å²) in [5.41, 5.74) is 0.851. The lowest BCUT2D eigenvalue weighted by atomic mass is 10.1.